The average Bonchev–Trinajstić information content (AvgIpc) is 3.85. The van der Waals surface area contributed by atoms with Crippen LogP contribution in [-0.2, 0) is 35.6 Å². The molecule has 0 spiro atoms. The summed E-state index contributed by atoms with van der Waals surface area (Å²) in [7, 11) is 3.03. The van der Waals surface area contributed by atoms with Crippen LogP contribution in [0, 0.1) is 5.41 Å². The minimum Gasteiger partial charge on any atom is -0.493 e. The zero-order valence-electron chi connectivity index (χ0n) is 41.1. The molecule has 0 unspecified atom stereocenters. The number of hydrogen-bond acceptors (Lipinski definition) is 12. The Balaban J connectivity index is 1.04. The van der Waals surface area contributed by atoms with Crippen molar-refractivity contribution in [2.45, 2.75) is 84.8 Å². The number of hydrazine groups is 1. The molecule has 0 saturated carbocycles. The molecule has 0 bridgehead atoms. The van der Waals surface area contributed by atoms with Gasteiger partial charge in [-0.25, -0.2) is 10.6 Å². The lowest BCUT2D eigenvalue weighted by molar-refractivity contribution is -0.128. The molecule has 9 rings (SSSR count). The number of para-hydroxylation sites is 2. The van der Waals surface area contributed by atoms with E-state index >= 15 is 0 Å². The summed E-state index contributed by atoms with van der Waals surface area (Å²) in [5, 5.41) is 6.17. The van der Waals surface area contributed by atoms with Crippen molar-refractivity contribution in [2.24, 2.45) is 16.3 Å². The molecule has 5 aromatic rings. The average molecular weight is 965 g/mol. The number of fused-ring (bicyclic) bond motifs is 8. The number of amides is 5. The standard InChI is InChI=1S/C54H60N8O9/c1-53(2,3)71-17-16-54(4,5)51(65)60(31-58-52(66)59-55)36-19-32(29-69-47-25-41-39(23-45(47)67-6)49(63)61-37(27-56-41)21-34-12-8-10-14-43(34)61)18-33(20-36)30-70-48-26-42-40(24-46(48)68-7)50(64)62-38(28-57-42)22-35-13-9-11-15-44(35)62/h8-15,18-20,23-27,37-38,57H,16-17,21-22,28-31,55H2,1-7H3,(H2,58,59,66)/t37-,38-/m0/s1. The molecule has 5 aromatic carbocycles. The Labute approximate surface area is 413 Å². The normalized spacial score (nSPS) is 16.5. The molecule has 4 heterocycles. The lowest BCUT2D eigenvalue weighted by Crippen LogP contribution is -2.50. The molecule has 17 heteroatoms. The van der Waals surface area contributed by atoms with Gasteiger partial charge in [0.05, 0.1) is 61.1 Å². The van der Waals surface area contributed by atoms with Crippen molar-refractivity contribution in [1.29, 1.82) is 0 Å². The van der Waals surface area contributed by atoms with E-state index < -0.39 is 17.0 Å². The molecule has 370 valence electrons. The van der Waals surface area contributed by atoms with Crippen LogP contribution < -0.4 is 55.5 Å². The van der Waals surface area contributed by atoms with Gasteiger partial charge in [0, 0.05) is 60.4 Å². The van der Waals surface area contributed by atoms with Crippen molar-refractivity contribution in [3.05, 3.63) is 124 Å². The second-order valence-corrected chi connectivity index (χ2v) is 19.7. The number of nitrogens with one attached hydrogen (secondary N) is 3. The fourth-order valence-corrected chi connectivity index (χ4v) is 9.56. The Kier molecular flexibility index (Phi) is 13.4. The van der Waals surface area contributed by atoms with Gasteiger partial charge in [0.15, 0.2) is 23.0 Å². The highest BCUT2D eigenvalue weighted by atomic mass is 16.5. The predicted octanol–water partition coefficient (Wildman–Crippen LogP) is 7.84. The molecular formula is C54H60N8O9. The zero-order valence-corrected chi connectivity index (χ0v) is 41.1. The second-order valence-electron chi connectivity index (χ2n) is 19.7. The Morgan fingerprint density at radius 3 is 2.03 bits per heavy atom. The quantitative estimate of drug-likeness (QED) is 0.0345. The van der Waals surface area contributed by atoms with Gasteiger partial charge in [0.1, 0.15) is 13.2 Å². The highest BCUT2D eigenvalue weighted by Crippen LogP contribution is 2.43. The maximum Gasteiger partial charge on any atom is 0.330 e. The molecule has 0 fully saturated rings. The third-order valence-corrected chi connectivity index (χ3v) is 13.2. The van der Waals surface area contributed by atoms with Crippen molar-refractivity contribution in [3.8, 4) is 23.0 Å². The third-order valence-electron chi connectivity index (χ3n) is 13.2. The number of benzene rings is 5. The summed E-state index contributed by atoms with van der Waals surface area (Å²) in [4.78, 5) is 65.5. The van der Waals surface area contributed by atoms with Crippen molar-refractivity contribution in [1.82, 2.24) is 10.7 Å². The molecule has 71 heavy (non-hydrogen) atoms. The topological polar surface area (TPSA) is 199 Å². The van der Waals surface area contributed by atoms with E-state index in [1.165, 1.54) is 19.1 Å². The van der Waals surface area contributed by atoms with Gasteiger partial charge in [0.25, 0.3) is 11.8 Å². The molecule has 4 aliphatic rings. The SMILES string of the molecule is COc1cc2c(cc1OCc1cc(COc3cc4c(cc3OC)C(=O)N3c5ccccc5C[C@H]3CN4)cc(N(CNC(=O)NN)C(=O)C(C)(C)CCOC(C)(C)C)c1)N=C[C@@H]1Cc3ccccc3N1C2=O. The van der Waals surface area contributed by atoms with Gasteiger partial charge in [-0.05, 0) is 98.3 Å². The summed E-state index contributed by atoms with van der Waals surface area (Å²) in [5.74, 6) is 6.27. The number of ether oxygens (including phenoxy) is 5. The van der Waals surface area contributed by atoms with Gasteiger partial charge in [0.2, 0.25) is 5.91 Å². The molecule has 5 N–H and O–H groups in total. The van der Waals surface area contributed by atoms with E-state index in [-0.39, 0.29) is 49.7 Å². The first kappa shape index (κ1) is 48.4. The van der Waals surface area contributed by atoms with Crippen molar-refractivity contribution < 1.29 is 42.9 Å². The summed E-state index contributed by atoms with van der Waals surface area (Å²) in [6.45, 7) is 10.1. The zero-order chi connectivity index (χ0) is 50.2. The maximum atomic E-state index is 14.7. The Morgan fingerprint density at radius 2 is 1.38 bits per heavy atom. The lowest BCUT2D eigenvalue weighted by Gasteiger charge is -2.33. The van der Waals surface area contributed by atoms with Gasteiger partial charge in [-0.15, -0.1) is 0 Å². The summed E-state index contributed by atoms with van der Waals surface area (Å²) in [6.07, 6.45) is 3.57. The van der Waals surface area contributed by atoms with Crippen LogP contribution in [0.15, 0.2) is 96.0 Å². The Bertz CT molecular complexity index is 2930. The van der Waals surface area contributed by atoms with E-state index in [0.29, 0.717) is 88.3 Å². The van der Waals surface area contributed by atoms with E-state index in [9.17, 15) is 19.2 Å². The number of nitrogens with two attached hydrogens (primary N) is 1. The minimum absolute atomic E-state index is 0.00654. The number of nitrogens with zero attached hydrogens (tertiary/aromatic N) is 4. The minimum atomic E-state index is -0.948. The number of urea groups is 1. The number of aliphatic imine (C=N–C) groups is 1. The number of rotatable bonds is 15. The van der Waals surface area contributed by atoms with E-state index in [0.717, 1.165) is 28.9 Å². The number of carbonyl (C=O) groups excluding carboxylic acids is 4. The monoisotopic (exact) mass is 964 g/mol. The fourth-order valence-electron chi connectivity index (χ4n) is 9.56. The molecule has 17 nitrogen and oxygen atoms in total. The predicted molar refractivity (Wildman–Crippen MR) is 272 cm³/mol. The first-order valence-corrected chi connectivity index (χ1v) is 23.7. The number of carbonyl (C=O) groups is 4. The highest BCUT2D eigenvalue weighted by Gasteiger charge is 2.39. The number of methoxy groups -OCH3 is 2. The van der Waals surface area contributed by atoms with Gasteiger partial charge < -0.3 is 39.2 Å². The lowest BCUT2D eigenvalue weighted by atomic mass is 9.87. The van der Waals surface area contributed by atoms with Crippen molar-refractivity contribution >= 4 is 58.4 Å². The van der Waals surface area contributed by atoms with Crippen molar-refractivity contribution in [2.75, 3.05) is 54.1 Å². The summed E-state index contributed by atoms with van der Waals surface area (Å²) in [5.41, 5.74) is 8.27. The van der Waals surface area contributed by atoms with Gasteiger partial charge in [-0.3, -0.25) is 34.6 Å². The maximum absolute atomic E-state index is 14.7. The molecule has 0 saturated heterocycles. The second kappa shape index (κ2) is 19.6. The van der Waals surface area contributed by atoms with Gasteiger partial charge in [-0.1, -0.05) is 50.2 Å². The van der Waals surface area contributed by atoms with Crippen LogP contribution in [0.4, 0.5) is 33.2 Å². The van der Waals surface area contributed by atoms with Gasteiger partial charge >= 0.3 is 6.03 Å². The molecular weight excluding hydrogens is 905 g/mol. The van der Waals surface area contributed by atoms with E-state index in [4.69, 9.17) is 34.5 Å². The molecule has 0 radical (unpaired) electrons. The van der Waals surface area contributed by atoms with Crippen LogP contribution in [0.2, 0.25) is 0 Å². The van der Waals surface area contributed by atoms with Crippen LogP contribution in [0.3, 0.4) is 0 Å². The molecule has 5 amide bonds. The third kappa shape index (κ3) is 9.92. The van der Waals surface area contributed by atoms with Crippen LogP contribution in [-0.4, -0.2) is 81.7 Å². The van der Waals surface area contributed by atoms with Crippen LogP contribution in [0.25, 0.3) is 0 Å². The first-order chi connectivity index (χ1) is 34.0. The van der Waals surface area contributed by atoms with E-state index in [1.54, 1.807) is 41.4 Å². The van der Waals surface area contributed by atoms with E-state index in [2.05, 4.69) is 22.1 Å². The molecule has 0 aromatic heterocycles. The summed E-state index contributed by atoms with van der Waals surface area (Å²) >= 11 is 0. The Morgan fingerprint density at radius 1 is 0.775 bits per heavy atom. The summed E-state index contributed by atoms with van der Waals surface area (Å²) < 4.78 is 30.7. The van der Waals surface area contributed by atoms with Crippen molar-refractivity contribution in [3.63, 3.8) is 0 Å². The largest absolute Gasteiger partial charge is 0.493 e. The van der Waals surface area contributed by atoms with Crippen LogP contribution in [0.5, 0.6) is 23.0 Å². The Hall–Kier alpha value is -7.63. The van der Waals surface area contributed by atoms with E-state index in [1.807, 2.05) is 94.1 Å². The molecule has 0 aliphatic carbocycles. The highest BCUT2D eigenvalue weighted by molar-refractivity contribution is 6.15. The molecule has 4 aliphatic heterocycles. The summed E-state index contributed by atoms with van der Waals surface area (Å²) in [6, 6.07) is 27.2. The smallest absolute Gasteiger partial charge is 0.330 e. The first-order valence-electron chi connectivity index (χ1n) is 23.7. The molecule has 2 atom stereocenters. The van der Waals surface area contributed by atoms with Crippen LogP contribution in [0.1, 0.15) is 84.0 Å². The fraction of sp³-hybridized carbons (Fsp3) is 0.352. The number of hydrogen-bond donors (Lipinski definition) is 4. The van der Waals surface area contributed by atoms with Gasteiger partial charge in [-0.2, -0.15) is 0 Å². The number of anilines is 4. The van der Waals surface area contributed by atoms with Crippen LogP contribution >= 0.6 is 0 Å².